The first-order valence-corrected chi connectivity index (χ1v) is 18.7. The van der Waals surface area contributed by atoms with Crippen molar-refractivity contribution in [3.8, 4) is 0 Å². The largest absolute Gasteiger partial charge is 0.147 e. The number of benzene rings is 2. The molecule has 0 spiro atoms. The minimum absolute atomic E-state index is 0. The van der Waals surface area contributed by atoms with Crippen molar-refractivity contribution in [1.82, 2.24) is 0 Å². The van der Waals surface area contributed by atoms with E-state index in [9.17, 15) is 0 Å². The summed E-state index contributed by atoms with van der Waals surface area (Å²) < 4.78 is 1.52. The fourth-order valence-electron chi connectivity index (χ4n) is 4.99. The number of rotatable bonds is 2. The van der Waals surface area contributed by atoms with E-state index in [4.69, 9.17) is 0 Å². The van der Waals surface area contributed by atoms with Crippen LogP contribution in [0.25, 0.3) is 12.2 Å². The van der Waals surface area contributed by atoms with Gasteiger partial charge in [-0.3, -0.25) is 0 Å². The van der Waals surface area contributed by atoms with Gasteiger partial charge in [0.15, 0.2) is 0 Å². The molecule has 0 N–H and O–H groups in total. The van der Waals surface area contributed by atoms with E-state index in [0.717, 1.165) is 7.25 Å². The fourth-order valence-corrected chi connectivity index (χ4v) is 25.7. The van der Waals surface area contributed by atoms with Crippen LogP contribution in [0.15, 0.2) is 47.5 Å². The zero-order valence-electron chi connectivity index (χ0n) is 17.6. The summed E-state index contributed by atoms with van der Waals surface area (Å²) in [5.41, 5.74) is 12.2. The molecule has 0 heterocycles. The first-order chi connectivity index (χ1) is 12.4. The van der Waals surface area contributed by atoms with Crippen molar-refractivity contribution < 1.29 is 20.4 Å². The molecule has 0 aromatic heterocycles. The van der Waals surface area contributed by atoms with E-state index in [2.05, 4.69) is 89.3 Å². The van der Waals surface area contributed by atoms with Crippen LogP contribution in [0.1, 0.15) is 54.5 Å². The van der Waals surface area contributed by atoms with E-state index in [0.29, 0.717) is 0 Å². The van der Waals surface area contributed by atoms with Crippen LogP contribution < -0.4 is 0 Å². The summed E-state index contributed by atoms with van der Waals surface area (Å²) in [6, 6.07) is 14.0. The predicted octanol–water partition coefficient (Wildman–Crippen LogP) is 7.63. The first kappa shape index (κ1) is 23.9. The van der Waals surface area contributed by atoms with Gasteiger partial charge >= 0.3 is 167 Å². The Balaban J connectivity index is 0.00000140. The van der Waals surface area contributed by atoms with Crippen molar-refractivity contribution in [2.24, 2.45) is 0 Å². The number of aryl methyl sites for hydroxylation is 2. The molecular weight excluding hydrogens is 478 g/mol. The molecule has 0 saturated carbocycles. The third-order valence-corrected chi connectivity index (χ3v) is 26.1. The summed E-state index contributed by atoms with van der Waals surface area (Å²) >= 11 is -1.81. The second-order valence-corrected chi connectivity index (χ2v) is 26.1. The van der Waals surface area contributed by atoms with Crippen LogP contribution in [0, 0.1) is 13.8 Å². The average molecular weight is 509 g/mol. The summed E-state index contributed by atoms with van der Waals surface area (Å²) in [6.45, 7) is 14.6. The third kappa shape index (κ3) is 3.83. The molecule has 0 aliphatic heterocycles. The Kier molecular flexibility index (Phi) is 7.82. The molecule has 28 heavy (non-hydrogen) atoms. The number of allylic oxidation sites excluding steroid dienone is 2. The van der Waals surface area contributed by atoms with Gasteiger partial charge in [0, 0.05) is 0 Å². The molecule has 0 amide bonds. The number of halogens is 2. The van der Waals surface area contributed by atoms with Crippen molar-refractivity contribution in [3.05, 3.63) is 80.9 Å². The molecule has 2 atom stereocenters. The molecular formula is C24H30Cl2SiZr. The van der Waals surface area contributed by atoms with Crippen molar-refractivity contribution in [2.45, 2.75) is 48.0 Å². The van der Waals surface area contributed by atoms with E-state index >= 15 is 0 Å². The average Bonchev–Trinajstić information content (AvgIpc) is 3.09. The quantitative estimate of drug-likeness (QED) is 0.366. The molecule has 0 saturated heterocycles. The van der Waals surface area contributed by atoms with Gasteiger partial charge in [-0.1, -0.05) is 0 Å². The molecule has 2 aromatic rings. The molecule has 2 unspecified atom stereocenters. The van der Waals surface area contributed by atoms with E-state index < -0.39 is 20.4 Å². The maximum Gasteiger partial charge on any atom is -0.147 e. The summed E-state index contributed by atoms with van der Waals surface area (Å²) in [4.78, 5) is 0. The van der Waals surface area contributed by atoms with Gasteiger partial charge in [-0.2, -0.15) is 0 Å². The molecule has 148 valence electrons. The Labute approximate surface area is 190 Å². The maximum atomic E-state index is 2.60. The monoisotopic (exact) mass is 506 g/mol. The Morgan fingerprint density at radius 1 is 0.679 bits per heavy atom. The van der Waals surface area contributed by atoms with E-state index in [1.165, 1.54) is 22.3 Å². The molecule has 2 aromatic carbocycles. The molecule has 4 rings (SSSR count). The minimum atomic E-state index is -1.81. The Hall–Kier alpha value is -0.400. The maximum absolute atomic E-state index is 2.60. The van der Waals surface area contributed by atoms with E-state index in [-0.39, 0.29) is 30.2 Å². The van der Waals surface area contributed by atoms with Gasteiger partial charge in [0.05, 0.1) is 0 Å². The van der Waals surface area contributed by atoms with Gasteiger partial charge in [-0.25, -0.2) is 0 Å². The van der Waals surface area contributed by atoms with Crippen molar-refractivity contribution in [3.63, 3.8) is 0 Å². The fraction of sp³-hybridized carbons (Fsp3) is 0.333. The van der Waals surface area contributed by atoms with Crippen molar-refractivity contribution in [2.75, 3.05) is 0 Å². The molecule has 0 fully saturated rings. The molecule has 0 bridgehead atoms. The standard InChI is InChI=1S/2C11H11.C2H6Si.2ClH.Zr/c2*1-8-6-10-5-3-4-9(2)11(10)7-8;1-3-2;;;/h2*3-7H,1-2H3;1-2H3;2*1H;. The summed E-state index contributed by atoms with van der Waals surface area (Å²) in [5, 5.41) is 0. The number of hydrogen-bond donors (Lipinski definition) is 0. The molecule has 0 nitrogen and oxygen atoms in total. The summed E-state index contributed by atoms with van der Waals surface area (Å²) in [7, 11) is 0. The second-order valence-electron chi connectivity index (χ2n) is 8.25. The summed E-state index contributed by atoms with van der Waals surface area (Å²) in [6.07, 6.45) is 5.01. The van der Waals surface area contributed by atoms with Gasteiger partial charge < -0.3 is 0 Å². The zero-order chi connectivity index (χ0) is 18.6. The number of hydrogen-bond acceptors (Lipinski definition) is 0. The van der Waals surface area contributed by atoms with Crippen LogP contribution in [0.5, 0.6) is 0 Å². The van der Waals surface area contributed by atoms with Crippen LogP contribution in [-0.2, 0) is 20.4 Å². The van der Waals surface area contributed by atoms with Gasteiger partial charge in [0.25, 0.3) is 0 Å². The predicted molar refractivity (Wildman–Crippen MR) is 127 cm³/mol. The second kappa shape index (κ2) is 9.17. The Bertz CT molecular complexity index is 938. The number of fused-ring (bicyclic) bond motifs is 2. The van der Waals surface area contributed by atoms with Gasteiger partial charge in [-0.15, -0.1) is 24.8 Å². The first-order valence-electron chi connectivity index (χ1n) is 9.62. The van der Waals surface area contributed by atoms with Crippen molar-refractivity contribution >= 4 is 42.4 Å². The van der Waals surface area contributed by atoms with Gasteiger partial charge in [0.2, 0.25) is 0 Å². The van der Waals surface area contributed by atoms with Crippen LogP contribution in [0.2, 0.25) is 13.1 Å². The smallest absolute Gasteiger partial charge is 0.147 e. The normalized spacial score (nSPS) is 18.9. The Morgan fingerprint density at radius 2 is 1.07 bits per heavy atom. The van der Waals surface area contributed by atoms with Crippen LogP contribution in [0.4, 0.5) is 0 Å². The van der Waals surface area contributed by atoms with Crippen molar-refractivity contribution in [1.29, 1.82) is 0 Å². The molecule has 0 radical (unpaired) electrons. The molecule has 2 aliphatic carbocycles. The zero-order valence-corrected chi connectivity index (χ0v) is 22.7. The third-order valence-electron chi connectivity index (χ3n) is 6.19. The Morgan fingerprint density at radius 3 is 1.43 bits per heavy atom. The van der Waals surface area contributed by atoms with E-state index in [1.54, 1.807) is 22.3 Å². The van der Waals surface area contributed by atoms with E-state index in [1.807, 2.05) is 0 Å². The van der Waals surface area contributed by atoms with Crippen LogP contribution in [-0.4, -0.2) is 5.43 Å². The molecule has 4 heteroatoms. The topological polar surface area (TPSA) is 0 Å². The van der Waals surface area contributed by atoms with Crippen LogP contribution >= 0.6 is 24.8 Å². The summed E-state index contributed by atoms with van der Waals surface area (Å²) in [5.74, 6) is 0. The van der Waals surface area contributed by atoms with Gasteiger partial charge in [0.1, 0.15) is 0 Å². The molecule has 2 aliphatic rings. The SMILES string of the molecule is CC1=Cc2c(C)cccc2[CH]1[Zr]([CH]1C(C)=Cc2c(C)cccc21)=[Si](C)C.Cl.Cl. The van der Waals surface area contributed by atoms with Gasteiger partial charge in [-0.05, 0) is 0 Å². The minimum Gasteiger partial charge on any atom is -0.147 e. The van der Waals surface area contributed by atoms with Crippen LogP contribution in [0.3, 0.4) is 0 Å².